The van der Waals surface area contributed by atoms with E-state index in [4.69, 9.17) is 5.10 Å². The molecule has 198 valence electrons. The molecule has 4 aliphatic rings. The number of nitrogens with zero attached hydrogens (tertiary/aromatic N) is 4. The monoisotopic (exact) mass is 512 g/mol. The average molecular weight is 513 g/mol. The van der Waals surface area contributed by atoms with Crippen LogP contribution < -0.4 is 0 Å². The smallest absolute Gasteiger partial charge is 0.157 e. The van der Waals surface area contributed by atoms with Crippen molar-refractivity contribution in [1.82, 2.24) is 19.6 Å². The van der Waals surface area contributed by atoms with Crippen LogP contribution in [0.25, 0.3) is 11.8 Å². The standard InChI is InChI=1S/C32H37FN4O/c1-20-16-34-36(18-20)19-30(38)28-11-10-26-25-9-4-22-14-29-21(15-32(22,3)27(25)12-13-31(26,28)2)17-35-37(29)24-7-5-23(33)6-8-24/h5-8,14,16-18,25-28H,4,9-13,15,19H2,1-3H3. The Bertz CT molecular complexity index is 1430. The molecule has 6 heteroatoms. The Kier molecular flexibility index (Phi) is 5.37. The highest BCUT2D eigenvalue weighted by molar-refractivity contribution is 5.82. The number of carbonyl (C=O) groups excluding carboxylic acids is 1. The van der Waals surface area contributed by atoms with Gasteiger partial charge in [0.1, 0.15) is 5.82 Å². The zero-order valence-corrected chi connectivity index (χ0v) is 22.7. The first-order valence-electron chi connectivity index (χ1n) is 14.3. The molecule has 4 aliphatic carbocycles. The van der Waals surface area contributed by atoms with E-state index >= 15 is 0 Å². The summed E-state index contributed by atoms with van der Waals surface area (Å²) in [5, 5.41) is 9.11. The maximum Gasteiger partial charge on any atom is 0.157 e. The molecule has 7 rings (SSSR count). The van der Waals surface area contributed by atoms with E-state index in [1.165, 1.54) is 37.0 Å². The highest BCUT2D eigenvalue weighted by atomic mass is 19.1. The second kappa shape index (κ2) is 8.49. The predicted octanol–water partition coefficient (Wildman–Crippen LogP) is 6.58. The molecule has 2 heterocycles. The Morgan fingerprint density at radius 2 is 1.87 bits per heavy atom. The fraction of sp³-hybridized carbons (Fsp3) is 0.531. The van der Waals surface area contributed by atoms with E-state index in [0.29, 0.717) is 30.1 Å². The lowest BCUT2D eigenvalue weighted by molar-refractivity contribution is -0.130. The number of ketones is 1. The summed E-state index contributed by atoms with van der Waals surface area (Å²) in [7, 11) is 0. The number of hydrogen-bond acceptors (Lipinski definition) is 3. The summed E-state index contributed by atoms with van der Waals surface area (Å²) >= 11 is 0. The van der Waals surface area contributed by atoms with Gasteiger partial charge in [0, 0.05) is 12.1 Å². The fourth-order valence-corrected chi connectivity index (χ4v) is 9.19. The Hall–Kier alpha value is -3.02. The van der Waals surface area contributed by atoms with Crippen molar-refractivity contribution < 1.29 is 9.18 Å². The number of halogens is 1. The quantitative estimate of drug-likeness (QED) is 0.397. The molecule has 0 spiro atoms. The normalized spacial score (nSPS) is 33.6. The van der Waals surface area contributed by atoms with Crippen LogP contribution in [0.4, 0.5) is 4.39 Å². The van der Waals surface area contributed by atoms with Crippen LogP contribution in [0.15, 0.2) is 48.4 Å². The van der Waals surface area contributed by atoms with Gasteiger partial charge in [-0.1, -0.05) is 19.4 Å². The molecular formula is C32H37FN4O. The van der Waals surface area contributed by atoms with Gasteiger partial charge in [-0.25, -0.2) is 9.07 Å². The third kappa shape index (κ3) is 3.51. The van der Waals surface area contributed by atoms with E-state index in [1.54, 1.807) is 17.7 Å². The Morgan fingerprint density at radius 3 is 2.63 bits per heavy atom. The zero-order valence-electron chi connectivity index (χ0n) is 22.7. The van der Waals surface area contributed by atoms with Crippen LogP contribution in [0.3, 0.4) is 0 Å². The highest BCUT2D eigenvalue weighted by Crippen LogP contribution is 2.66. The molecule has 6 atom stereocenters. The van der Waals surface area contributed by atoms with Crippen molar-refractivity contribution in [1.29, 1.82) is 0 Å². The lowest BCUT2D eigenvalue weighted by atomic mass is 9.46. The summed E-state index contributed by atoms with van der Waals surface area (Å²) < 4.78 is 17.3. The topological polar surface area (TPSA) is 52.7 Å². The van der Waals surface area contributed by atoms with Gasteiger partial charge in [-0.15, -0.1) is 0 Å². The van der Waals surface area contributed by atoms with Crippen LogP contribution in [-0.2, 0) is 17.8 Å². The summed E-state index contributed by atoms with van der Waals surface area (Å²) in [6.07, 6.45) is 16.1. The molecule has 0 saturated heterocycles. The number of allylic oxidation sites excluding steroid dienone is 1. The van der Waals surface area contributed by atoms with Crippen LogP contribution in [0.5, 0.6) is 0 Å². The highest BCUT2D eigenvalue weighted by Gasteiger charge is 2.60. The van der Waals surface area contributed by atoms with Crippen LogP contribution in [0, 0.1) is 47.2 Å². The SMILES string of the molecule is Cc1cnn(CC(=O)C2CCC3C4CCC5=Cc6c(cnn6-c6ccc(F)cc6)CC5(C)C4CCC23C)c1. The lowest BCUT2D eigenvalue weighted by Gasteiger charge is -2.58. The van der Waals surface area contributed by atoms with Gasteiger partial charge < -0.3 is 0 Å². The average Bonchev–Trinajstić information content (AvgIpc) is 3.59. The summed E-state index contributed by atoms with van der Waals surface area (Å²) in [5.41, 5.74) is 6.26. The summed E-state index contributed by atoms with van der Waals surface area (Å²) in [6, 6.07) is 6.62. The molecule has 6 unspecified atom stereocenters. The van der Waals surface area contributed by atoms with E-state index in [2.05, 4.69) is 25.0 Å². The zero-order chi connectivity index (χ0) is 26.2. The van der Waals surface area contributed by atoms with Gasteiger partial charge >= 0.3 is 0 Å². The first-order valence-corrected chi connectivity index (χ1v) is 14.3. The van der Waals surface area contributed by atoms with Crippen molar-refractivity contribution in [2.75, 3.05) is 0 Å². The largest absolute Gasteiger partial charge is 0.297 e. The van der Waals surface area contributed by atoms with Gasteiger partial charge in [0.25, 0.3) is 0 Å². The number of rotatable bonds is 4. The third-order valence-corrected chi connectivity index (χ3v) is 11.0. The molecule has 0 N–H and O–H groups in total. The minimum atomic E-state index is -0.226. The summed E-state index contributed by atoms with van der Waals surface area (Å²) in [6.45, 7) is 7.35. The number of carbonyl (C=O) groups is 1. The van der Waals surface area contributed by atoms with Crippen molar-refractivity contribution in [3.8, 4) is 5.69 Å². The number of aromatic nitrogens is 4. The molecular weight excluding hydrogens is 475 g/mol. The minimum Gasteiger partial charge on any atom is -0.297 e. The van der Waals surface area contributed by atoms with Crippen molar-refractivity contribution in [3.05, 3.63) is 71.1 Å². The van der Waals surface area contributed by atoms with Crippen molar-refractivity contribution in [2.45, 2.75) is 72.3 Å². The van der Waals surface area contributed by atoms with Crippen molar-refractivity contribution >= 4 is 11.9 Å². The first-order chi connectivity index (χ1) is 18.3. The second-order valence-electron chi connectivity index (χ2n) is 13.0. The molecule has 3 saturated carbocycles. The van der Waals surface area contributed by atoms with E-state index in [9.17, 15) is 9.18 Å². The fourth-order valence-electron chi connectivity index (χ4n) is 9.19. The number of aryl methyl sites for hydroxylation is 1. The number of benzene rings is 1. The Balaban J connectivity index is 1.14. The van der Waals surface area contributed by atoms with Gasteiger partial charge in [0.05, 0.1) is 30.3 Å². The number of Topliss-reactive ketones (excluding diaryl/α,β-unsaturated/α-hetero) is 1. The third-order valence-electron chi connectivity index (χ3n) is 11.0. The molecule has 0 amide bonds. The lowest BCUT2D eigenvalue weighted by Crippen LogP contribution is -2.51. The van der Waals surface area contributed by atoms with E-state index in [-0.39, 0.29) is 22.6 Å². The Morgan fingerprint density at radius 1 is 1.05 bits per heavy atom. The van der Waals surface area contributed by atoms with Gasteiger partial charge in [-0.3, -0.25) is 9.48 Å². The van der Waals surface area contributed by atoms with Crippen LogP contribution in [0.1, 0.15) is 69.2 Å². The molecule has 3 aromatic rings. The summed E-state index contributed by atoms with van der Waals surface area (Å²) in [5.74, 6) is 2.23. The first kappa shape index (κ1) is 24.1. The molecule has 0 radical (unpaired) electrons. The molecule has 1 aromatic carbocycles. The van der Waals surface area contributed by atoms with Gasteiger partial charge in [0.15, 0.2) is 5.78 Å². The molecule has 5 nitrogen and oxygen atoms in total. The number of hydrogen-bond donors (Lipinski definition) is 0. The second-order valence-corrected chi connectivity index (χ2v) is 13.0. The van der Waals surface area contributed by atoms with Crippen LogP contribution in [-0.4, -0.2) is 25.3 Å². The van der Waals surface area contributed by atoms with Crippen LogP contribution in [0.2, 0.25) is 0 Å². The van der Waals surface area contributed by atoms with Crippen LogP contribution >= 0.6 is 0 Å². The van der Waals surface area contributed by atoms with Gasteiger partial charge in [0.2, 0.25) is 0 Å². The summed E-state index contributed by atoms with van der Waals surface area (Å²) in [4.78, 5) is 13.5. The molecule has 0 bridgehead atoms. The number of fused-ring (bicyclic) bond motifs is 6. The maximum absolute atomic E-state index is 13.5. The minimum absolute atomic E-state index is 0.102. The van der Waals surface area contributed by atoms with E-state index < -0.39 is 0 Å². The van der Waals surface area contributed by atoms with Gasteiger partial charge in [-0.2, -0.15) is 10.2 Å². The molecule has 0 aliphatic heterocycles. The molecule has 38 heavy (non-hydrogen) atoms. The van der Waals surface area contributed by atoms with E-state index in [0.717, 1.165) is 42.6 Å². The van der Waals surface area contributed by atoms with E-state index in [1.807, 2.05) is 34.9 Å². The van der Waals surface area contributed by atoms with Crippen molar-refractivity contribution in [3.63, 3.8) is 0 Å². The molecule has 3 fully saturated rings. The Labute approximate surface area is 224 Å². The maximum atomic E-state index is 13.5. The predicted molar refractivity (Wildman–Crippen MR) is 145 cm³/mol. The molecule has 2 aromatic heterocycles. The van der Waals surface area contributed by atoms with Crippen molar-refractivity contribution in [2.24, 2.45) is 34.5 Å². The van der Waals surface area contributed by atoms with Gasteiger partial charge in [-0.05, 0) is 122 Å².